The molecule has 1 aliphatic carbocycles. The van der Waals surface area contributed by atoms with Crippen molar-refractivity contribution in [3.8, 4) is 5.75 Å². The molecule has 1 unspecified atom stereocenters. The highest BCUT2D eigenvalue weighted by atomic mass is 16.5. The van der Waals surface area contributed by atoms with Crippen molar-refractivity contribution in [3.05, 3.63) is 72.3 Å². The number of likely N-dealkylation sites (tertiary alicyclic amines) is 1. The molecule has 4 N–H and O–H groups in total. The topological polar surface area (TPSA) is 122 Å². The number of esters is 1. The molecule has 9 heteroatoms. The van der Waals surface area contributed by atoms with Crippen molar-refractivity contribution in [3.63, 3.8) is 0 Å². The van der Waals surface area contributed by atoms with Gasteiger partial charge in [0.15, 0.2) is 0 Å². The number of rotatable bonds is 12. The van der Waals surface area contributed by atoms with Crippen LogP contribution in [0.4, 0.5) is 10.5 Å². The lowest BCUT2D eigenvalue weighted by Crippen LogP contribution is -2.64. The number of quaternary nitrogens is 1. The molecule has 4 rings (SSSR count). The number of urea groups is 1. The van der Waals surface area contributed by atoms with Gasteiger partial charge in [0.1, 0.15) is 11.8 Å². The Labute approximate surface area is 242 Å². The molecule has 9 nitrogen and oxygen atoms in total. The molecule has 3 atom stereocenters. The van der Waals surface area contributed by atoms with Crippen LogP contribution in [0.15, 0.2) is 61.2 Å². The number of phenols is 1. The molecule has 220 valence electrons. The second-order valence-corrected chi connectivity index (χ2v) is 11.8. The number of nitrogens with two attached hydrogens (primary N) is 1. The van der Waals surface area contributed by atoms with Crippen molar-refractivity contribution in [2.45, 2.75) is 64.1 Å². The van der Waals surface area contributed by atoms with Gasteiger partial charge in [0.2, 0.25) is 5.91 Å². The fourth-order valence-electron chi connectivity index (χ4n) is 5.96. The Bertz CT molecular complexity index is 1230. The van der Waals surface area contributed by atoms with E-state index in [1.807, 2.05) is 6.08 Å². The number of carbonyl (C=O) groups excluding carboxylic acids is 3. The predicted octanol–water partition coefficient (Wildman–Crippen LogP) is 4.46. The van der Waals surface area contributed by atoms with Crippen molar-refractivity contribution in [1.82, 2.24) is 4.90 Å². The fourth-order valence-corrected chi connectivity index (χ4v) is 5.96. The van der Waals surface area contributed by atoms with Crippen LogP contribution in [0, 0.1) is 5.92 Å². The maximum Gasteiger partial charge on any atom is 0.338 e. The molecule has 1 aliphatic heterocycles. The number of aromatic hydroxyl groups is 1. The number of anilines is 1. The van der Waals surface area contributed by atoms with Crippen LogP contribution in [0.1, 0.15) is 55.5 Å². The number of hydrogen-bond acceptors (Lipinski definition) is 5. The second-order valence-electron chi connectivity index (χ2n) is 11.8. The molecular formula is C32H43N4O5+. The highest BCUT2D eigenvalue weighted by Crippen LogP contribution is 2.35. The van der Waals surface area contributed by atoms with E-state index in [1.54, 1.807) is 67.3 Å². The lowest BCUT2D eigenvalue weighted by Gasteiger charge is -2.48. The van der Waals surface area contributed by atoms with Gasteiger partial charge in [-0.25, -0.2) is 9.59 Å². The lowest BCUT2D eigenvalue weighted by atomic mass is 9.96. The molecule has 3 amide bonds. The Hall–Kier alpha value is -3.85. The number of benzene rings is 2. The minimum atomic E-state index is -0.894. The molecule has 41 heavy (non-hydrogen) atoms. The first-order valence-corrected chi connectivity index (χ1v) is 14.5. The predicted molar refractivity (Wildman–Crippen MR) is 158 cm³/mol. The summed E-state index contributed by atoms with van der Waals surface area (Å²) in [5.41, 5.74) is 7.65. The van der Waals surface area contributed by atoms with Gasteiger partial charge < -0.3 is 30.3 Å². The Kier molecular flexibility index (Phi) is 9.70. The Morgan fingerprint density at radius 1 is 1.12 bits per heavy atom. The number of piperidine rings is 1. The van der Waals surface area contributed by atoms with Gasteiger partial charge in [-0.05, 0) is 87.6 Å². The van der Waals surface area contributed by atoms with Crippen LogP contribution in [0.3, 0.4) is 0 Å². The molecule has 1 saturated carbocycles. The summed E-state index contributed by atoms with van der Waals surface area (Å²) in [5, 5.41) is 12.7. The smallest absolute Gasteiger partial charge is 0.338 e. The second kappa shape index (κ2) is 13.2. The summed E-state index contributed by atoms with van der Waals surface area (Å²) < 4.78 is 6.10. The van der Waals surface area contributed by atoms with E-state index >= 15 is 0 Å². The molecular weight excluding hydrogens is 520 g/mol. The number of amides is 3. The molecule has 2 aromatic rings. The van der Waals surface area contributed by atoms with E-state index in [4.69, 9.17) is 10.5 Å². The van der Waals surface area contributed by atoms with Crippen molar-refractivity contribution in [1.29, 1.82) is 0 Å². The average molecular weight is 564 g/mol. The molecule has 1 saturated heterocycles. The van der Waals surface area contributed by atoms with Crippen LogP contribution in [0.2, 0.25) is 0 Å². The first kappa shape index (κ1) is 30.1. The molecule has 0 aromatic heterocycles. The fraction of sp³-hybridized carbons (Fsp3) is 0.469. The zero-order valence-electron chi connectivity index (χ0n) is 24.1. The van der Waals surface area contributed by atoms with E-state index in [2.05, 4.69) is 11.9 Å². The zero-order chi connectivity index (χ0) is 29.6. The van der Waals surface area contributed by atoms with Gasteiger partial charge in [-0.15, -0.1) is 0 Å². The normalized spacial score (nSPS) is 21.1. The largest absolute Gasteiger partial charge is 0.508 e. The quantitative estimate of drug-likeness (QED) is 0.200. The SMILES string of the molecule is C=CC[N+]1(CC2CC2)CCC[C@@H](N(C(=O)Nc2ccc(C(=O)OC(C)C)cc2)[C@@H](Cc2ccc(O)cc2)C(N)=O)C1. The maximum absolute atomic E-state index is 14.0. The Morgan fingerprint density at radius 2 is 1.80 bits per heavy atom. The van der Waals surface area contributed by atoms with Gasteiger partial charge in [-0.2, -0.15) is 0 Å². The van der Waals surface area contributed by atoms with E-state index in [9.17, 15) is 19.5 Å². The minimum absolute atomic E-state index is 0.124. The highest BCUT2D eigenvalue weighted by molar-refractivity contribution is 5.95. The number of nitrogens with zero attached hydrogens (tertiary/aromatic N) is 2. The van der Waals surface area contributed by atoms with Crippen LogP contribution in [0.5, 0.6) is 5.75 Å². The van der Waals surface area contributed by atoms with Crippen LogP contribution in [-0.4, -0.2) is 76.8 Å². The monoisotopic (exact) mass is 563 g/mol. The van der Waals surface area contributed by atoms with Gasteiger partial charge in [0.25, 0.3) is 0 Å². The van der Waals surface area contributed by atoms with Crippen molar-refractivity contribution < 1.29 is 28.7 Å². The van der Waals surface area contributed by atoms with Gasteiger partial charge in [0.05, 0.1) is 43.9 Å². The number of nitrogens with one attached hydrogen (secondary N) is 1. The van der Waals surface area contributed by atoms with Crippen LogP contribution < -0.4 is 11.1 Å². The van der Waals surface area contributed by atoms with Gasteiger partial charge in [-0.3, -0.25) is 4.79 Å². The summed E-state index contributed by atoms with van der Waals surface area (Å²) in [6.07, 6.45) is 6.10. The molecule has 0 radical (unpaired) electrons. The molecule has 2 aliphatic rings. The summed E-state index contributed by atoms with van der Waals surface area (Å²) in [4.78, 5) is 40.9. The minimum Gasteiger partial charge on any atom is -0.508 e. The van der Waals surface area contributed by atoms with Gasteiger partial charge in [0, 0.05) is 18.0 Å². The Balaban J connectivity index is 1.62. The van der Waals surface area contributed by atoms with Crippen molar-refractivity contribution in [2.24, 2.45) is 11.7 Å². The summed E-state index contributed by atoms with van der Waals surface area (Å²) in [6, 6.07) is 11.6. The standard InChI is InChI=1S/C32H42N4O5/c1-4-17-36(20-24-7-8-24)18-5-6-27(21-36)35(29(30(33)38)19-23-9-15-28(37)16-10-23)32(40)34-26-13-11-25(12-14-26)31(39)41-22(2)3/h4,9-16,22,24,27,29H,1,5-8,17-21H2,2-3H3,(H3-,33,34,37,38,39,40)/p+1/t27-,29+,36?/m1/s1. The Morgan fingerprint density at radius 3 is 2.39 bits per heavy atom. The molecule has 1 heterocycles. The third kappa shape index (κ3) is 8.10. The summed E-state index contributed by atoms with van der Waals surface area (Å²) in [7, 11) is 0. The van der Waals surface area contributed by atoms with Crippen molar-refractivity contribution in [2.75, 3.05) is 31.5 Å². The van der Waals surface area contributed by atoms with Gasteiger partial charge in [-0.1, -0.05) is 18.7 Å². The van der Waals surface area contributed by atoms with E-state index < -0.39 is 23.9 Å². The molecule has 0 bridgehead atoms. The molecule has 0 spiro atoms. The number of phenolic OH excluding ortho intramolecular Hbond substituents is 1. The summed E-state index contributed by atoms with van der Waals surface area (Å²) in [6.45, 7) is 11.2. The van der Waals surface area contributed by atoms with E-state index in [0.29, 0.717) is 17.2 Å². The number of carbonyl (C=O) groups is 3. The first-order chi connectivity index (χ1) is 19.6. The van der Waals surface area contributed by atoms with Crippen LogP contribution in [0.25, 0.3) is 0 Å². The van der Waals surface area contributed by atoms with E-state index in [0.717, 1.165) is 49.1 Å². The van der Waals surface area contributed by atoms with Crippen LogP contribution in [-0.2, 0) is 16.0 Å². The summed E-state index contributed by atoms with van der Waals surface area (Å²) in [5.74, 6) is -0.203. The zero-order valence-corrected chi connectivity index (χ0v) is 24.1. The third-order valence-electron chi connectivity index (χ3n) is 8.00. The number of hydrogen-bond donors (Lipinski definition) is 3. The molecule has 2 aromatic carbocycles. The average Bonchev–Trinajstić information content (AvgIpc) is 3.73. The number of ether oxygens (including phenoxy) is 1. The highest BCUT2D eigenvalue weighted by Gasteiger charge is 2.44. The van der Waals surface area contributed by atoms with Gasteiger partial charge >= 0.3 is 12.0 Å². The van der Waals surface area contributed by atoms with E-state index in [1.165, 1.54) is 12.8 Å². The lowest BCUT2D eigenvalue weighted by molar-refractivity contribution is -0.930. The summed E-state index contributed by atoms with van der Waals surface area (Å²) >= 11 is 0. The molecule has 2 fully saturated rings. The third-order valence-corrected chi connectivity index (χ3v) is 8.00. The maximum atomic E-state index is 14.0. The number of primary amides is 1. The first-order valence-electron chi connectivity index (χ1n) is 14.5. The van der Waals surface area contributed by atoms with Crippen molar-refractivity contribution >= 4 is 23.6 Å². The van der Waals surface area contributed by atoms with Crippen LogP contribution >= 0.6 is 0 Å². The van der Waals surface area contributed by atoms with E-state index in [-0.39, 0.29) is 24.3 Å².